The summed E-state index contributed by atoms with van der Waals surface area (Å²) in [5.41, 5.74) is 2.61. The fraction of sp³-hybridized carbons (Fsp3) is 0.400. The maximum atomic E-state index is 12.0. The van der Waals surface area contributed by atoms with Gasteiger partial charge in [-0.15, -0.1) is 0 Å². The molecule has 1 rings (SSSR count). The van der Waals surface area contributed by atoms with E-state index in [2.05, 4.69) is 0 Å². The second-order valence-corrected chi connectivity index (χ2v) is 3.73. The molecule has 0 spiro atoms. The predicted octanol–water partition coefficient (Wildman–Crippen LogP) is 0.381. The van der Waals surface area contributed by atoms with Crippen LogP contribution in [0.4, 0.5) is 12.9 Å². The van der Waals surface area contributed by atoms with E-state index in [4.69, 9.17) is 4.74 Å². The van der Waals surface area contributed by atoms with Crippen LogP contribution >= 0.6 is 0 Å². The van der Waals surface area contributed by atoms with Gasteiger partial charge in [0.05, 0.1) is 6.51 Å². The van der Waals surface area contributed by atoms with Gasteiger partial charge < -0.3 is 17.7 Å². The number of ether oxygens (including phenoxy) is 1. The average Bonchev–Trinajstić information content (AvgIpc) is 2.07. The maximum Gasteiger partial charge on any atom is 1.00 e. The van der Waals surface area contributed by atoms with Crippen LogP contribution in [0.1, 0.15) is 16.7 Å². The molecule has 0 fully saturated rings. The Kier molecular flexibility index (Phi) is 6.65. The van der Waals surface area contributed by atoms with Gasteiger partial charge in [0.15, 0.2) is 0 Å². The average molecular weight is 256 g/mol. The predicted molar refractivity (Wildman–Crippen MR) is 55.2 cm³/mol. The molecule has 1 aromatic carbocycles. The normalized spacial score (nSPS) is 10.9. The number of halogens is 3. The van der Waals surface area contributed by atoms with E-state index in [1.165, 1.54) is 0 Å². The molecule has 0 atom stereocenters. The second kappa shape index (κ2) is 6.45. The molecular formula is C10H13BF3KO. The number of hydrogen-bond acceptors (Lipinski definition) is 1. The molecule has 1 nitrogen and oxygen atoms in total. The zero-order valence-corrected chi connectivity index (χ0v) is 13.1. The first-order chi connectivity index (χ1) is 6.79. The largest absolute Gasteiger partial charge is 1.00 e. The maximum absolute atomic E-state index is 12.0. The molecule has 84 valence electrons. The van der Waals surface area contributed by atoms with Crippen LogP contribution in [0.3, 0.4) is 0 Å². The van der Waals surface area contributed by atoms with Crippen LogP contribution in [-0.4, -0.2) is 13.5 Å². The van der Waals surface area contributed by atoms with Crippen molar-refractivity contribution in [2.45, 2.75) is 20.8 Å². The second-order valence-electron chi connectivity index (χ2n) is 3.73. The Morgan fingerprint density at radius 2 is 1.69 bits per heavy atom. The molecule has 0 saturated heterocycles. The van der Waals surface area contributed by atoms with Gasteiger partial charge in [-0.3, -0.25) is 0 Å². The number of aryl methyl sites for hydroxylation is 2. The summed E-state index contributed by atoms with van der Waals surface area (Å²) >= 11 is 0. The standard InChI is InChI=1S/C10H13BF3O.K/c1-7-4-8(2)9(3)10(5-7)15-6-11(12,13)14;/h4-5H,6H2,1-3H3;/q-1;+1. The molecule has 0 bridgehead atoms. The summed E-state index contributed by atoms with van der Waals surface area (Å²) in [5, 5.41) is 0. The Morgan fingerprint density at radius 1 is 1.12 bits per heavy atom. The van der Waals surface area contributed by atoms with E-state index >= 15 is 0 Å². The molecule has 6 heteroatoms. The van der Waals surface area contributed by atoms with Crippen molar-refractivity contribution in [2.75, 3.05) is 6.51 Å². The molecule has 0 saturated carbocycles. The molecule has 0 heterocycles. The van der Waals surface area contributed by atoms with Gasteiger partial charge in [0.2, 0.25) is 0 Å². The fourth-order valence-corrected chi connectivity index (χ4v) is 1.33. The van der Waals surface area contributed by atoms with Crippen LogP contribution in [0, 0.1) is 20.8 Å². The fourth-order valence-electron chi connectivity index (χ4n) is 1.33. The molecule has 0 unspecified atom stereocenters. The molecule has 0 aliphatic carbocycles. The Hall–Kier alpha value is 0.511. The van der Waals surface area contributed by atoms with Crippen LogP contribution in [0.15, 0.2) is 12.1 Å². The zero-order valence-electron chi connectivity index (χ0n) is 9.98. The monoisotopic (exact) mass is 256 g/mol. The Balaban J connectivity index is 0.00000225. The van der Waals surface area contributed by atoms with Crippen molar-refractivity contribution in [3.8, 4) is 5.75 Å². The van der Waals surface area contributed by atoms with Gasteiger partial charge in [0, 0.05) is 0 Å². The van der Waals surface area contributed by atoms with Gasteiger partial charge in [-0.1, -0.05) is 6.07 Å². The van der Waals surface area contributed by atoms with Gasteiger partial charge in [0.25, 0.3) is 0 Å². The van der Waals surface area contributed by atoms with Gasteiger partial charge >= 0.3 is 58.4 Å². The number of benzene rings is 1. The summed E-state index contributed by atoms with van der Waals surface area (Å²) in [5.74, 6) is 0.326. The summed E-state index contributed by atoms with van der Waals surface area (Å²) in [6.45, 7) is -0.620. The zero-order chi connectivity index (χ0) is 11.6. The van der Waals surface area contributed by atoms with Crippen molar-refractivity contribution in [2.24, 2.45) is 0 Å². The van der Waals surface area contributed by atoms with Crippen LogP contribution in [0.5, 0.6) is 5.75 Å². The van der Waals surface area contributed by atoms with E-state index < -0.39 is 13.5 Å². The Bertz CT molecular complexity index is 366. The first-order valence-corrected chi connectivity index (χ1v) is 4.71. The van der Waals surface area contributed by atoms with Crippen molar-refractivity contribution >= 4 is 6.98 Å². The number of hydrogen-bond donors (Lipinski definition) is 0. The third kappa shape index (κ3) is 5.23. The summed E-state index contributed by atoms with van der Waals surface area (Å²) in [7, 11) is 0. The van der Waals surface area contributed by atoms with Crippen molar-refractivity contribution < 1.29 is 69.1 Å². The van der Waals surface area contributed by atoms with E-state index in [0.717, 1.165) is 16.7 Å². The molecule has 0 amide bonds. The SMILES string of the molecule is Cc1cc(C)c(C)c(OC[B-](F)(F)F)c1.[K+]. The summed E-state index contributed by atoms with van der Waals surface area (Å²) < 4.78 is 40.8. The topological polar surface area (TPSA) is 9.23 Å². The summed E-state index contributed by atoms with van der Waals surface area (Å²) in [6.07, 6.45) is 0. The molecule has 0 aromatic heterocycles. The van der Waals surface area contributed by atoms with Gasteiger partial charge in [-0.2, -0.15) is 0 Å². The molecular weight excluding hydrogens is 243 g/mol. The van der Waals surface area contributed by atoms with Crippen molar-refractivity contribution in [3.63, 3.8) is 0 Å². The van der Waals surface area contributed by atoms with Crippen LogP contribution in [0.25, 0.3) is 0 Å². The van der Waals surface area contributed by atoms with Crippen molar-refractivity contribution in [1.29, 1.82) is 0 Å². The smallest absolute Gasteiger partial charge is 0.521 e. The summed E-state index contributed by atoms with van der Waals surface area (Å²) in [4.78, 5) is 0. The first-order valence-electron chi connectivity index (χ1n) is 4.71. The van der Waals surface area contributed by atoms with Gasteiger partial charge in [0.1, 0.15) is 5.75 Å². The van der Waals surface area contributed by atoms with Gasteiger partial charge in [-0.05, 0) is 43.5 Å². The minimum atomic E-state index is -4.89. The van der Waals surface area contributed by atoms with E-state index in [9.17, 15) is 12.9 Å². The molecule has 16 heavy (non-hydrogen) atoms. The van der Waals surface area contributed by atoms with E-state index in [0.29, 0.717) is 5.75 Å². The molecule has 0 radical (unpaired) electrons. The van der Waals surface area contributed by atoms with Crippen LogP contribution in [-0.2, 0) is 0 Å². The summed E-state index contributed by atoms with van der Waals surface area (Å²) in [6, 6.07) is 3.55. The first kappa shape index (κ1) is 16.5. The molecule has 0 N–H and O–H groups in total. The minimum absolute atomic E-state index is 0. The van der Waals surface area contributed by atoms with E-state index in [-0.39, 0.29) is 51.4 Å². The van der Waals surface area contributed by atoms with E-state index in [1.54, 1.807) is 13.0 Å². The third-order valence-corrected chi connectivity index (χ3v) is 2.19. The van der Waals surface area contributed by atoms with Crippen LogP contribution < -0.4 is 56.1 Å². The van der Waals surface area contributed by atoms with Crippen molar-refractivity contribution in [3.05, 3.63) is 28.8 Å². The van der Waals surface area contributed by atoms with Crippen molar-refractivity contribution in [1.82, 2.24) is 0 Å². The Labute approximate surface area is 136 Å². The quantitative estimate of drug-likeness (QED) is 0.710. The minimum Gasteiger partial charge on any atom is -0.521 e. The number of rotatable bonds is 3. The molecule has 1 aromatic rings. The molecule has 0 aliphatic rings. The van der Waals surface area contributed by atoms with Crippen LogP contribution in [0.2, 0.25) is 0 Å². The Morgan fingerprint density at radius 3 is 2.19 bits per heavy atom. The third-order valence-electron chi connectivity index (χ3n) is 2.19. The van der Waals surface area contributed by atoms with E-state index in [1.807, 2.05) is 19.9 Å². The van der Waals surface area contributed by atoms with Gasteiger partial charge in [-0.25, -0.2) is 0 Å². The molecule has 0 aliphatic heterocycles.